The van der Waals surface area contributed by atoms with Crippen LogP contribution in [0.3, 0.4) is 0 Å². The number of carboxylic acids is 1. The Bertz CT molecular complexity index is 951. The van der Waals surface area contributed by atoms with Gasteiger partial charge in [0.05, 0.1) is 10.9 Å². The number of fused-ring (bicyclic) bond motifs is 1. The number of carboxylic acid groups (broad SMARTS) is 1. The van der Waals surface area contributed by atoms with Gasteiger partial charge in [0, 0.05) is 11.1 Å². The number of rotatable bonds is 2. The second kappa shape index (κ2) is 5.15. The van der Waals surface area contributed by atoms with Gasteiger partial charge in [0.15, 0.2) is 5.43 Å². The zero-order valence-corrected chi connectivity index (χ0v) is 12.2. The Morgan fingerprint density at radius 1 is 1.09 bits per heavy atom. The van der Waals surface area contributed by atoms with E-state index in [2.05, 4.69) is 0 Å². The molecule has 1 aromatic heterocycles. The number of carbonyl (C=O) groups is 1. The van der Waals surface area contributed by atoms with Gasteiger partial charge in [-0.05, 0) is 32.0 Å². The topological polar surface area (TPSA) is 67.5 Å². The molecule has 110 valence electrons. The monoisotopic (exact) mass is 294 g/mol. The van der Waals surface area contributed by atoms with Crippen LogP contribution in [-0.2, 0) is 0 Å². The predicted molar refractivity (Wildman–Crippen MR) is 84.4 cm³/mol. The Morgan fingerprint density at radius 2 is 1.82 bits per heavy atom. The summed E-state index contributed by atoms with van der Waals surface area (Å²) < 4.78 is 5.84. The first kappa shape index (κ1) is 14.1. The maximum Gasteiger partial charge on any atom is 0.336 e. The summed E-state index contributed by atoms with van der Waals surface area (Å²) in [6, 6.07) is 11.9. The average Bonchev–Trinajstić information content (AvgIpc) is 2.51. The number of aryl methyl sites for hydroxylation is 1. The van der Waals surface area contributed by atoms with Crippen molar-refractivity contribution < 1.29 is 14.3 Å². The molecule has 0 saturated heterocycles. The maximum atomic E-state index is 12.5. The van der Waals surface area contributed by atoms with E-state index in [4.69, 9.17) is 4.42 Å². The van der Waals surface area contributed by atoms with Crippen molar-refractivity contribution in [3.63, 3.8) is 0 Å². The number of hydrogen-bond donors (Lipinski definition) is 1. The van der Waals surface area contributed by atoms with Crippen LogP contribution in [0.1, 0.15) is 21.5 Å². The van der Waals surface area contributed by atoms with E-state index < -0.39 is 5.97 Å². The first-order chi connectivity index (χ1) is 10.5. The average molecular weight is 294 g/mol. The summed E-state index contributed by atoms with van der Waals surface area (Å²) in [5.74, 6) is -0.749. The first-order valence-corrected chi connectivity index (χ1v) is 6.86. The normalized spacial score (nSPS) is 10.8. The summed E-state index contributed by atoms with van der Waals surface area (Å²) in [6.07, 6.45) is 0. The minimum absolute atomic E-state index is 0.111. The van der Waals surface area contributed by atoms with Crippen LogP contribution >= 0.6 is 0 Å². The van der Waals surface area contributed by atoms with Gasteiger partial charge in [0.2, 0.25) is 0 Å². The molecule has 22 heavy (non-hydrogen) atoms. The van der Waals surface area contributed by atoms with Crippen LogP contribution in [-0.4, -0.2) is 11.1 Å². The Kier molecular flexibility index (Phi) is 3.29. The molecular formula is C18H14O4. The maximum absolute atomic E-state index is 12.5. The largest absolute Gasteiger partial charge is 0.478 e. The molecule has 1 N–H and O–H groups in total. The molecule has 0 saturated carbocycles. The molecule has 0 spiro atoms. The van der Waals surface area contributed by atoms with Gasteiger partial charge in [-0.3, -0.25) is 4.79 Å². The Morgan fingerprint density at radius 3 is 2.55 bits per heavy atom. The first-order valence-electron chi connectivity index (χ1n) is 6.86. The number of aromatic carboxylic acids is 1. The lowest BCUT2D eigenvalue weighted by Crippen LogP contribution is -2.09. The Labute approximate surface area is 126 Å². The second-order valence-corrected chi connectivity index (χ2v) is 5.24. The molecule has 4 nitrogen and oxygen atoms in total. The molecule has 0 aliphatic heterocycles. The molecule has 0 amide bonds. The molecule has 0 bridgehead atoms. The van der Waals surface area contributed by atoms with Crippen molar-refractivity contribution in [1.29, 1.82) is 0 Å². The van der Waals surface area contributed by atoms with Crippen LogP contribution < -0.4 is 5.43 Å². The summed E-state index contributed by atoms with van der Waals surface area (Å²) in [5.41, 5.74) is 2.22. The van der Waals surface area contributed by atoms with Gasteiger partial charge in [-0.2, -0.15) is 0 Å². The number of benzene rings is 2. The quantitative estimate of drug-likeness (QED) is 0.781. The third-order valence-electron chi connectivity index (χ3n) is 3.67. The highest BCUT2D eigenvalue weighted by Crippen LogP contribution is 2.28. The SMILES string of the molecule is Cc1ccc2oc(-c3ccccc3C(=O)O)c(C)c(=O)c2c1. The van der Waals surface area contributed by atoms with Crippen molar-refractivity contribution in [1.82, 2.24) is 0 Å². The lowest BCUT2D eigenvalue weighted by Gasteiger charge is -2.09. The van der Waals surface area contributed by atoms with Crippen molar-refractivity contribution in [2.45, 2.75) is 13.8 Å². The Balaban J connectivity index is 2.38. The molecule has 1 heterocycles. The highest BCUT2D eigenvalue weighted by molar-refractivity contribution is 5.96. The minimum Gasteiger partial charge on any atom is -0.478 e. The number of hydrogen-bond acceptors (Lipinski definition) is 3. The summed E-state index contributed by atoms with van der Waals surface area (Å²) in [5, 5.41) is 9.83. The van der Waals surface area contributed by atoms with Crippen LogP contribution in [0.15, 0.2) is 51.7 Å². The van der Waals surface area contributed by atoms with Gasteiger partial charge in [0.25, 0.3) is 0 Å². The zero-order valence-electron chi connectivity index (χ0n) is 12.2. The van der Waals surface area contributed by atoms with Gasteiger partial charge >= 0.3 is 5.97 Å². The molecular weight excluding hydrogens is 280 g/mol. The zero-order chi connectivity index (χ0) is 15.9. The van der Waals surface area contributed by atoms with Crippen molar-refractivity contribution in [2.75, 3.05) is 0 Å². The summed E-state index contributed by atoms with van der Waals surface area (Å²) in [4.78, 5) is 23.9. The third kappa shape index (κ3) is 2.19. The fourth-order valence-electron chi connectivity index (χ4n) is 2.53. The van der Waals surface area contributed by atoms with Crippen molar-refractivity contribution in [2.24, 2.45) is 0 Å². The highest BCUT2D eigenvalue weighted by Gasteiger charge is 2.18. The molecule has 0 unspecified atom stereocenters. The van der Waals surface area contributed by atoms with Gasteiger partial charge in [-0.25, -0.2) is 4.79 Å². The smallest absolute Gasteiger partial charge is 0.336 e. The van der Waals surface area contributed by atoms with E-state index in [0.29, 0.717) is 27.9 Å². The van der Waals surface area contributed by atoms with E-state index >= 15 is 0 Å². The van der Waals surface area contributed by atoms with Gasteiger partial charge < -0.3 is 9.52 Å². The third-order valence-corrected chi connectivity index (χ3v) is 3.67. The second-order valence-electron chi connectivity index (χ2n) is 5.24. The fourth-order valence-corrected chi connectivity index (χ4v) is 2.53. The van der Waals surface area contributed by atoms with Crippen LogP contribution in [0.4, 0.5) is 0 Å². The molecule has 0 aliphatic rings. The summed E-state index contributed by atoms with van der Waals surface area (Å²) >= 11 is 0. The molecule has 3 rings (SSSR count). The van der Waals surface area contributed by atoms with E-state index in [1.54, 1.807) is 37.3 Å². The van der Waals surface area contributed by atoms with Gasteiger partial charge in [-0.15, -0.1) is 0 Å². The van der Waals surface area contributed by atoms with E-state index in [9.17, 15) is 14.7 Å². The molecule has 4 heteroatoms. The van der Waals surface area contributed by atoms with Crippen molar-refractivity contribution in [3.05, 3.63) is 69.4 Å². The standard InChI is InChI=1S/C18H14O4/c1-10-7-8-15-14(9-10)16(19)11(2)17(22-15)12-5-3-4-6-13(12)18(20)21/h3-9H,1-2H3,(H,20,21). The summed E-state index contributed by atoms with van der Waals surface area (Å²) in [6.45, 7) is 3.56. The van der Waals surface area contributed by atoms with Crippen LogP contribution in [0, 0.1) is 13.8 Å². The predicted octanol–water partition coefficient (Wildman–Crippen LogP) is 3.78. The van der Waals surface area contributed by atoms with Gasteiger partial charge in [0.1, 0.15) is 11.3 Å². The van der Waals surface area contributed by atoms with Crippen molar-refractivity contribution in [3.8, 4) is 11.3 Å². The minimum atomic E-state index is -1.05. The van der Waals surface area contributed by atoms with Crippen LogP contribution in [0.25, 0.3) is 22.3 Å². The molecule has 0 atom stereocenters. The molecule has 0 aliphatic carbocycles. The highest BCUT2D eigenvalue weighted by atomic mass is 16.4. The lowest BCUT2D eigenvalue weighted by atomic mass is 10.0. The van der Waals surface area contributed by atoms with Crippen LogP contribution in [0.2, 0.25) is 0 Å². The lowest BCUT2D eigenvalue weighted by molar-refractivity contribution is 0.0697. The molecule has 2 aromatic carbocycles. The van der Waals surface area contributed by atoms with Crippen molar-refractivity contribution >= 4 is 16.9 Å². The summed E-state index contributed by atoms with van der Waals surface area (Å²) in [7, 11) is 0. The van der Waals surface area contributed by atoms with E-state index in [0.717, 1.165) is 5.56 Å². The Hall–Kier alpha value is -2.88. The molecule has 3 aromatic rings. The van der Waals surface area contributed by atoms with E-state index in [1.165, 1.54) is 6.07 Å². The van der Waals surface area contributed by atoms with Crippen LogP contribution in [0.5, 0.6) is 0 Å². The molecule has 0 fully saturated rings. The fraction of sp³-hybridized carbons (Fsp3) is 0.111. The molecule has 0 radical (unpaired) electrons. The van der Waals surface area contributed by atoms with E-state index in [-0.39, 0.29) is 11.0 Å². The van der Waals surface area contributed by atoms with Gasteiger partial charge in [-0.1, -0.05) is 29.8 Å². The van der Waals surface area contributed by atoms with E-state index in [1.807, 2.05) is 13.0 Å².